The van der Waals surface area contributed by atoms with Crippen LogP contribution in [0.15, 0.2) is 48.8 Å². The summed E-state index contributed by atoms with van der Waals surface area (Å²) in [7, 11) is 3.09. The Balaban J connectivity index is 0.736. The summed E-state index contributed by atoms with van der Waals surface area (Å²) in [5, 5.41) is 35.8. The number of hydrogen-bond acceptors (Lipinski definition) is 17. The molecule has 6 rings (SSSR count). The Morgan fingerprint density at radius 2 is 0.892 bits per heavy atom. The van der Waals surface area contributed by atoms with Crippen molar-refractivity contribution < 1.29 is 79.9 Å². The molecule has 0 unspecified atom stereocenters. The van der Waals surface area contributed by atoms with Crippen molar-refractivity contribution in [3.8, 4) is 0 Å². The molecule has 6 aromatic rings. The molecule has 4 heterocycles. The fourth-order valence-corrected chi connectivity index (χ4v) is 8.43. The number of anilines is 2. The standard InChI is InChI=1S/C54H66F4N12O13/c1-32-45(34(3)67(5)47(32)51(74)61-37-7-9-41(55)43(57)23-37)49(72)53(76)59-25-39-27-69(65-63-39)11-13-78-15-17-80-19-21-82-30-36(29-71)31-83-22-20-81-18-16-79-14-12-70-28-40(64-66-70)26-60-54(77)50(73)46-33(2)48(68(6)35(46)4)52(75)62-38-8-10-42(56)44(58)24-38/h7-10,23-24,27-28,36,71H,11-22,25-26,29-31H2,1-6H3,(H,59,76)(H,60,77)(H,61,74)(H,62,75). The van der Waals surface area contributed by atoms with Crippen LogP contribution >= 0.6 is 0 Å². The lowest BCUT2D eigenvalue weighted by Crippen LogP contribution is -2.31. The van der Waals surface area contributed by atoms with E-state index in [1.165, 1.54) is 44.5 Å². The van der Waals surface area contributed by atoms with E-state index in [0.717, 1.165) is 24.3 Å². The van der Waals surface area contributed by atoms with E-state index in [9.17, 15) is 51.4 Å². The summed E-state index contributed by atoms with van der Waals surface area (Å²) in [5.74, 6) is -9.60. The lowest BCUT2D eigenvalue weighted by atomic mass is 10.0. The molecule has 25 nitrogen and oxygen atoms in total. The third-order valence-corrected chi connectivity index (χ3v) is 12.9. The minimum absolute atomic E-state index is 0.0130. The first-order valence-corrected chi connectivity index (χ1v) is 26.1. The molecule has 0 radical (unpaired) electrons. The summed E-state index contributed by atoms with van der Waals surface area (Å²) in [6.45, 7) is 10.1. The molecule has 0 aliphatic carbocycles. The molecule has 4 amide bonds. The summed E-state index contributed by atoms with van der Waals surface area (Å²) in [4.78, 5) is 78.3. The highest BCUT2D eigenvalue weighted by atomic mass is 19.2. The fraction of sp³-hybridized carbons (Fsp3) is 0.444. The zero-order valence-corrected chi connectivity index (χ0v) is 46.7. The summed E-state index contributed by atoms with van der Waals surface area (Å²) in [5.41, 5.74) is 2.19. The molecular weight excluding hydrogens is 1100 g/mol. The van der Waals surface area contributed by atoms with Crippen LogP contribution < -0.4 is 21.3 Å². The number of hydrogen-bond donors (Lipinski definition) is 5. The molecule has 0 atom stereocenters. The van der Waals surface area contributed by atoms with Crippen LogP contribution in [-0.2, 0) is 78.3 Å². The van der Waals surface area contributed by atoms with Gasteiger partial charge in [0.15, 0.2) is 23.3 Å². The minimum atomic E-state index is -1.14. The number of nitrogens with one attached hydrogen (secondary N) is 4. The third-order valence-electron chi connectivity index (χ3n) is 12.9. The molecular formula is C54H66F4N12O13. The highest BCUT2D eigenvalue weighted by Crippen LogP contribution is 2.26. The van der Waals surface area contributed by atoms with Gasteiger partial charge in [-0.05, 0) is 63.1 Å². The predicted molar refractivity (Wildman–Crippen MR) is 286 cm³/mol. The van der Waals surface area contributed by atoms with E-state index >= 15 is 0 Å². The highest BCUT2D eigenvalue weighted by molar-refractivity contribution is 6.44. The number of carbonyl (C=O) groups excluding carboxylic acids is 6. The molecule has 5 N–H and O–H groups in total. The zero-order chi connectivity index (χ0) is 60.2. The summed E-state index contributed by atoms with van der Waals surface area (Å²) >= 11 is 0. The van der Waals surface area contributed by atoms with Crippen LogP contribution in [0.25, 0.3) is 0 Å². The van der Waals surface area contributed by atoms with E-state index in [4.69, 9.17) is 28.4 Å². The number of nitrogens with zero attached hydrogens (tertiary/aromatic N) is 8. The molecule has 83 heavy (non-hydrogen) atoms. The molecule has 4 aromatic heterocycles. The molecule has 0 bridgehead atoms. The monoisotopic (exact) mass is 1170 g/mol. The van der Waals surface area contributed by atoms with Gasteiger partial charge in [0.2, 0.25) is 0 Å². The van der Waals surface area contributed by atoms with E-state index in [2.05, 4.69) is 41.9 Å². The number of aliphatic hydroxyl groups excluding tert-OH is 1. The normalized spacial score (nSPS) is 11.4. The van der Waals surface area contributed by atoms with E-state index in [1.807, 2.05) is 0 Å². The van der Waals surface area contributed by atoms with Crippen molar-refractivity contribution in [1.82, 2.24) is 49.8 Å². The molecule has 0 saturated heterocycles. The van der Waals surface area contributed by atoms with Crippen molar-refractivity contribution in [2.75, 3.05) is 96.5 Å². The van der Waals surface area contributed by atoms with Gasteiger partial charge in [-0.25, -0.2) is 26.9 Å². The number of rotatable bonds is 35. The summed E-state index contributed by atoms with van der Waals surface area (Å²) in [6, 6.07) is 5.81. The first kappa shape index (κ1) is 64.1. The Labute approximate surface area is 473 Å². The Bertz CT molecular complexity index is 3020. The van der Waals surface area contributed by atoms with Gasteiger partial charge in [-0.1, -0.05) is 10.4 Å². The minimum Gasteiger partial charge on any atom is -0.396 e. The van der Waals surface area contributed by atoms with Gasteiger partial charge < -0.3 is 63.9 Å². The van der Waals surface area contributed by atoms with Gasteiger partial charge in [0.05, 0.1) is 136 Å². The number of carbonyl (C=O) groups is 6. The van der Waals surface area contributed by atoms with Crippen LogP contribution in [0.5, 0.6) is 0 Å². The van der Waals surface area contributed by atoms with Crippen molar-refractivity contribution in [2.45, 2.75) is 53.9 Å². The Hall–Kier alpha value is -8.06. The molecule has 0 aliphatic heterocycles. The van der Waals surface area contributed by atoms with E-state index in [1.54, 1.807) is 40.3 Å². The largest absolute Gasteiger partial charge is 0.396 e. The number of aliphatic hydroxyl groups is 1. The van der Waals surface area contributed by atoms with Crippen molar-refractivity contribution in [1.29, 1.82) is 0 Å². The molecule has 29 heteroatoms. The summed E-state index contributed by atoms with van der Waals surface area (Å²) < 4.78 is 93.6. The molecule has 0 fully saturated rings. The lowest BCUT2D eigenvalue weighted by Gasteiger charge is -2.15. The Kier molecular flexibility index (Phi) is 24.2. The topological polar surface area (TPSA) is 297 Å². The predicted octanol–water partition coefficient (Wildman–Crippen LogP) is 3.25. The number of ketones is 2. The highest BCUT2D eigenvalue weighted by Gasteiger charge is 2.30. The number of amides is 4. The van der Waals surface area contributed by atoms with Crippen molar-refractivity contribution in [3.05, 3.63) is 128 Å². The van der Waals surface area contributed by atoms with Crippen LogP contribution in [0, 0.1) is 56.9 Å². The second-order valence-electron chi connectivity index (χ2n) is 18.8. The van der Waals surface area contributed by atoms with Gasteiger partial charge in [0.1, 0.15) is 22.8 Å². The smallest absolute Gasteiger partial charge is 0.292 e. The molecule has 0 spiro atoms. The van der Waals surface area contributed by atoms with Gasteiger partial charge in [0, 0.05) is 54.9 Å². The number of Topliss-reactive ketones (excluding diaryl/α,β-unsaturated/α-hetero) is 2. The number of benzene rings is 2. The average molecular weight is 1170 g/mol. The van der Waals surface area contributed by atoms with Crippen LogP contribution in [0.3, 0.4) is 0 Å². The Morgan fingerprint density at radius 1 is 0.530 bits per heavy atom. The average Bonchev–Trinajstić information content (AvgIpc) is 4.07. The maximum atomic E-state index is 13.7. The van der Waals surface area contributed by atoms with Crippen LogP contribution in [0.1, 0.15) is 75.6 Å². The third kappa shape index (κ3) is 18.0. The molecule has 448 valence electrons. The SMILES string of the molecule is Cc1c(C(=O)C(=O)NCc2cn(CCOCCOCCOCC(CO)COCCOCCOCCn3cc(CNC(=O)C(=O)c4c(C)c(C(=O)Nc5ccc(F)c(F)c5)n(C)c4C)nn3)nn2)c(C)n(C)c1C(=O)Nc1ccc(F)c(F)c1. The maximum Gasteiger partial charge on any atom is 0.292 e. The fourth-order valence-electron chi connectivity index (χ4n) is 8.43. The van der Waals surface area contributed by atoms with Gasteiger partial charge in [-0.15, -0.1) is 10.2 Å². The van der Waals surface area contributed by atoms with Crippen molar-refractivity contribution in [3.63, 3.8) is 0 Å². The van der Waals surface area contributed by atoms with E-state index in [0.29, 0.717) is 102 Å². The van der Waals surface area contributed by atoms with Crippen molar-refractivity contribution >= 4 is 46.6 Å². The maximum absolute atomic E-state index is 13.7. The van der Waals surface area contributed by atoms with Crippen molar-refractivity contribution in [2.24, 2.45) is 20.0 Å². The number of ether oxygens (including phenoxy) is 6. The second kappa shape index (κ2) is 31.4. The number of halogens is 4. The lowest BCUT2D eigenvalue weighted by molar-refractivity contribution is -0.117. The van der Waals surface area contributed by atoms with Crippen LogP contribution in [-0.4, -0.2) is 165 Å². The van der Waals surface area contributed by atoms with Gasteiger partial charge >= 0.3 is 0 Å². The van der Waals surface area contributed by atoms with E-state index in [-0.39, 0.29) is 83.8 Å². The quantitative estimate of drug-likeness (QED) is 0.0165. The van der Waals surface area contributed by atoms with E-state index < -0.39 is 58.5 Å². The second-order valence-corrected chi connectivity index (χ2v) is 18.8. The molecule has 0 saturated carbocycles. The number of aromatic nitrogens is 8. The van der Waals surface area contributed by atoms with Crippen LogP contribution in [0.2, 0.25) is 0 Å². The zero-order valence-electron chi connectivity index (χ0n) is 46.7. The molecule has 0 aliphatic rings. The summed E-state index contributed by atoms with van der Waals surface area (Å²) in [6.07, 6.45) is 3.19. The van der Waals surface area contributed by atoms with Gasteiger partial charge in [-0.2, -0.15) is 0 Å². The van der Waals surface area contributed by atoms with Crippen LogP contribution in [0.4, 0.5) is 28.9 Å². The van der Waals surface area contributed by atoms with Gasteiger partial charge in [0.25, 0.3) is 35.2 Å². The first-order valence-electron chi connectivity index (χ1n) is 26.1. The van der Waals surface area contributed by atoms with Gasteiger partial charge in [-0.3, -0.25) is 28.8 Å². The first-order chi connectivity index (χ1) is 39.8. The Morgan fingerprint density at radius 3 is 1.25 bits per heavy atom. The molecule has 2 aromatic carbocycles.